The van der Waals surface area contributed by atoms with Gasteiger partial charge in [-0.1, -0.05) is 58.9 Å². The number of aromatic nitrogens is 4. The van der Waals surface area contributed by atoms with Crippen molar-refractivity contribution in [1.29, 1.82) is 0 Å². The minimum Gasteiger partial charge on any atom is -0.475 e. The topological polar surface area (TPSA) is 119 Å². The number of hydrogen-bond donors (Lipinski definition) is 1. The minimum atomic E-state index is -4.15. The number of aryl methyl sites for hydroxylation is 2. The van der Waals surface area contributed by atoms with Gasteiger partial charge in [0.25, 0.3) is 15.9 Å². The zero-order valence-electron chi connectivity index (χ0n) is 26.3. The number of fused-ring (bicyclic) bond motifs is 4. The molecule has 3 heterocycles. The van der Waals surface area contributed by atoms with E-state index in [0.29, 0.717) is 30.3 Å². The number of carbonyl (C=O) groups is 1. The number of amides is 1. The molecule has 44 heavy (non-hydrogen) atoms. The molecule has 5 rings (SSSR count). The fraction of sp³-hybridized carbons (Fsp3) is 0.394. The molecule has 0 spiro atoms. The van der Waals surface area contributed by atoms with Gasteiger partial charge in [-0.05, 0) is 60.9 Å². The molecule has 1 N–H and O–H groups in total. The Morgan fingerprint density at radius 1 is 1.05 bits per heavy atom. The molecule has 11 heteroatoms. The van der Waals surface area contributed by atoms with E-state index in [-0.39, 0.29) is 40.2 Å². The summed E-state index contributed by atoms with van der Waals surface area (Å²) >= 11 is 0. The minimum absolute atomic E-state index is 0.0750. The van der Waals surface area contributed by atoms with Crippen LogP contribution in [0.1, 0.15) is 62.5 Å². The Labute approximate surface area is 259 Å². The molecular formula is C33H40N6O4S. The maximum absolute atomic E-state index is 14.3. The Morgan fingerprint density at radius 3 is 2.43 bits per heavy atom. The molecular weight excluding hydrogens is 576 g/mol. The van der Waals surface area contributed by atoms with Crippen LogP contribution in [0.3, 0.4) is 0 Å². The average molecular weight is 617 g/mol. The van der Waals surface area contributed by atoms with Gasteiger partial charge in [0.2, 0.25) is 11.8 Å². The highest BCUT2D eigenvalue weighted by Crippen LogP contribution is 2.32. The van der Waals surface area contributed by atoms with E-state index in [2.05, 4.69) is 54.4 Å². The Balaban J connectivity index is 1.70. The summed E-state index contributed by atoms with van der Waals surface area (Å²) in [6, 6.07) is 13.2. The van der Waals surface area contributed by atoms with E-state index in [1.807, 2.05) is 42.9 Å². The van der Waals surface area contributed by atoms with Crippen LogP contribution in [0.25, 0.3) is 11.3 Å². The summed E-state index contributed by atoms with van der Waals surface area (Å²) in [4.78, 5) is 25.0. The van der Waals surface area contributed by atoms with Gasteiger partial charge in [-0.3, -0.25) is 14.4 Å². The fourth-order valence-corrected chi connectivity index (χ4v) is 6.55. The third-order valence-electron chi connectivity index (χ3n) is 7.36. The quantitative estimate of drug-likeness (QED) is 0.281. The van der Waals surface area contributed by atoms with Crippen molar-refractivity contribution in [3.05, 3.63) is 77.6 Å². The number of anilines is 2. The van der Waals surface area contributed by atoms with Crippen LogP contribution in [-0.4, -0.2) is 46.7 Å². The number of nitrogens with zero attached hydrogens (tertiary/aromatic N) is 5. The van der Waals surface area contributed by atoms with E-state index in [1.54, 1.807) is 29.3 Å². The van der Waals surface area contributed by atoms with Crippen molar-refractivity contribution in [3.63, 3.8) is 0 Å². The van der Waals surface area contributed by atoms with Crippen LogP contribution in [-0.2, 0) is 16.6 Å². The predicted octanol–water partition coefficient (Wildman–Crippen LogP) is 6.26. The Bertz CT molecular complexity index is 1770. The maximum atomic E-state index is 14.3. The molecule has 1 aliphatic heterocycles. The highest BCUT2D eigenvalue weighted by atomic mass is 32.2. The summed E-state index contributed by atoms with van der Waals surface area (Å²) in [6.07, 6.45) is 4.12. The van der Waals surface area contributed by atoms with E-state index in [9.17, 15) is 13.2 Å². The van der Waals surface area contributed by atoms with Gasteiger partial charge in [0.05, 0.1) is 28.5 Å². The van der Waals surface area contributed by atoms with Gasteiger partial charge in [-0.2, -0.15) is 10.1 Å². The molecule has 0 saturated heterocycles. The molecule has 0 aliphatic carbocycles. The number of carbonyl (C=O) groups excluding carboxylic acids is 1. The van der Waals surface area contributed by atoms with Crippen LogP contribution in [0.2, 0.25) is 0 Å². The molecule has 10 nitrogen and oxygen atoms in total. The van der Waals surface area contributed by atoms with E-state index in [0.717, 1.165) is 16.7 Å². The highest BCUT2D eigenvalue weighted by Gasteiger charge is 2.33. The molecule has 2 aromatic carbocycles. The lowest BCUT2D eigenvalue weighted by atomic mass is 9.87. The van der Waals surface area contributed by atoms with Gasteiger partial charge in [0, 0.05) is 29.9 Å². The molecule has 232 valence electrons. The van der Waals surface area contributed by atoms with Crippen molar-refractivity contribution in [3.8, 4) is 17.1 Å². The Kier molecular flexibility index (Phi) is 8.53. The first-order chi connectivity index (χ1) is 20.7. The number of rotatable bonds is 5. The Morgan fingerprint density at radius 2 is 1.75 bits per heavy atom. The number of hydrogen-bond acceptors (Lipinski definition) is 7. The number of benzene rings is 2. The first-order valence-corrected chi connectivity index (χ1v) is 16.3. The summed E-state index contributed by atoms with van der Waals surface area (Å²) < 4.78 is 37.9. The van der Waals surface area contributed by atoms with Gasteiger partial charge in [-0.15, -0.1) is 0 Å². The van der Waals surface area contributed by atoms with Crippen LogP contribution in [0.4, 0.5) is 11.6 Å². The fourth-order valence-electron chi connectivity index (χ4n) is 5.56. The Hall–Kier alpha value is -4.25. The summed E-state index contributed by atoms with van der Waals surface area (Å²) in [5, 5.41) is 4.53. The van der Waals surface area contributed by atoms with E-state index >= 15 is 0 Å². The third-order valence-corrected chi connectivity index (χ3v) is 8.69. The van der Waals surface area contributed by atoms with Crippen molar-refractivity contribution < 1.29 is 17.9 Å². The molecule has 4 aromatic rings. The standard InChI is InChI=1S/C33H40N6O4S/c1-21(2)18-38-19-26(17-34-38)39-25(16-33(5,6)7)20-43-29-15-28(30-22(3)10-8-11-23(30)4)35-32(36-29)37-44(41,42)27-13-9-12-24(14-27)31(39)40/h8-15,17,19,21,25H,16,18,20H2,1-7H3,(H,35,36,37)/t25-/m1/s1. The summed E-state index contributed by atoms with van der Waals surface area (Å²) in [7, 11) is -4.15. The van der Waals surface area contributed by atoms with Crippen LogP contribution in [0, 0.1) is 25.2 Å². The molecule has 1 aliphatic rings. The van der Waals surface area contributed by atoms with Crippen molar-refractivity contribution in [2.75, 3.05) is 16.2 Å². The second kappa shape index (κ2) is 12.0. The van der Waals surface area contributed by atoms with E-state index in [1.165, 1.54) is 12.1 Å². The molecule has 0 unspecified atom stereocenters. The maximum Gasteiger partial charge on any atom is 0.264 e. The van der Waals surface area contributed by atoms with Crippen LogP contribution in [0.5, 0.6) is 5.88 Å². The van der Waals surface area contributed by atoms with Crippen molar-refractivity contribution >= 4 is 27.6 Å². The zero-order valence-corrected chi connectivity index (χ0v) is 27.1. The van der Waals surface area contributed by atoms with Crippen LogP contribution in [0.15, 0.2) is 65.8 Å². The smallest absolute Gasteiger partial charge is 0.264 e. The van der Waals surface area contributed by atoms with Crippen molar-refractivity contribution in [1.82, 2.24) is 19.7 Å². The SMILES string of the molecule is Cc1cccc(C)c1-c1cc2nc(n1)NS(=O)(=O)c1cccc(c1)C(=O)N(c1cnn(CC(C)C)c1)[C@H](CC(C)(C)C)CO2. The molecule has 0 fully saturated rings. The first-order valence-electron chi connectivity index (χ1n) is 14.8. The van der Waals surface area contributed by atoms with Gasteiger partial charge in [0.1, 0.15) is 6.61 Å². The molecule has 1 atom stereocenters. The second-order valence-electron chi connectivity index (χ2n) is 13.0. The monoisotopic (exact) mass is 616 g/mol. The van der Waals surface area contributed by atoms with Gasteiger partial charge in [-0.25, -0.2) is 18.1 Å². The van der Waals surface area contributed by atoms with Gasteiger partial charge in [0.15, 0.2) is 0 Å². The lowest BCUT2D eigenvalue weighted by Gasteiger charge is -2.35. The van der Waals surface area contributed by atoms with Crippen molar-refractivity contribution in [2.24, 2.45) is 11.3 Å². The van der Waals surface area contributed by atoms with Crippen LogP contribution >= 0.6 is 0 Å². The van der Waals surface area contributed by atoms with Crippen molar-refractivity contribution in [2.45, 2.75) is 72.4 Å². The van der Waals surface area contributed by atoms with Crippen LogP contribution < -0.4 is 14.4 Å². The van der Waals surface area contributed by atoms with Gasteiger partial charge >= 0.3 is 0 Å². The van der Waals surface area contributed by atoms with Gasteiger partial charge < -0.3 is 4.74 Å². The predicted molar refractivity (Wildman–Crippen MR) is 171 cm³/mol. The molecule has 4 bridgehead atoms. The molecule has 0 radical (unpaired) electrons. The highest BCUT2D eigenvalue weighted by molar-refractivity contribution is 7.92. The third kappa shape index (κ3) is 6.93. The van der Waals surface area contributed by atoms with E-state index in [4.69, 9.17) is 4.74 Å². The molecule has 1 amide bonds. The summed E-state index contributed by atoms with van der Waals surface area (Å²) in [6.45, 7) is 15.3. The number of sulfonamides is 1. The lowest BCUT2D eigenvalue weighted by Crippen LogP contribution is -2.46. The normalized spacial score (nSPS) is 16.9. The summed E-state index contributed by atoms with van der Waals surface area (Å²) in [5.74, 6) is 0.0883. The lowest BCUT2D eigenvalue weighted by molar-refractivity contribution is 0.0955. The summed E-state index contributed by atoms with van der Waals surface area (Å²) in [5.41, 5.74) is 4.02. The molecule has 2 aromatic heterocycles. The number of nitrogens with one attached hydrogen (secondary N) is 1. The van der Waals surface area contributed by atoms with E-state index < -0.39 is 16.1 Å². The zero-order chi connectivity index (χ0) is 31.8. The second-order valence-corrected chi connectivity index (χ2v) is 14.7. The molecule has 0 saturated carbocycles. The average Bonchev–Trinajstić information content (AvgIpc) is 3.37. The largest absolute Gasteiger partial charge is 0.475 e. The first kappa shape index (κ1) is 31.2. The number of ether oxygens (including phenoxy) is 1.